The van der Waals surface area contributed by atoms with Gasteiger partial charge < -0.3 is 5.32 Å². The summed E-state index contributed by atoms with van der Waals surface area (Å²) >= 11 is 0. The minimum Gasteiger partial charge on any atom is -0.310 e. The number of hydrogen-bond acceptors (Lipinski definition) is 5. The van der Waals surface area contributed by atoms with E-state index in [-0.39, 0.29) is 0 Å². The van der Waals surface area contributed by atoms with Crippen LogP contribution in [0.1, 0.15) is 43.5 Å². The molecule has 0 amide bonds. The number of nitrogens with zero attached hydrogens (tertiary/aromatic N) is 4. The van der Waals surface area contributed by atoms with Gasteiger partial charge in [0, 0.05) is 29.7 Å². The zero-order valence-corrected chi connectivity index (χ0v) is 11.7. The molecule has 1 aliphatic carbocycles. The molecule has 20 heavy (non-hydrogen) atoms. The second-order valence-corrected chi connectivity index (χ2v) is 5.09. The molecular weight excluding hydrogens is 250 g/mol. The zero-order chi connectivity index (χ0) is 13.8. The number of fused-ring (bicyclic) bond motifs is 1. The molecule has 2 heterocycles. The van der Waals surface area contributed by atoms with Crippen LogP contribution in [-0.2, 0) is 6.42 Å². The van der Waals surface area contributed by atoms with Crippen LogP contribution in [0, 0.1) is 0 Å². The van der Waals surface area contributed by atoms with Crippen LogP contribution < -0.4 is 5.32 Å². The quantitative estimate of drug-likeness (QED) is 0.922. The van der Waals surface area contributed by atoms with E-state index in [1.807, 2.05) is 12.3 Å². The van der Waals surface area contributed by atoms with Crippen LogP contribution in [0.4, 0.5) is 0 Å². The van der Waals surface area contributed by atoms with Gasteiger partial charge in [-0.3, -0.25) is 0 Å². The Morgan fingerprint density at radius 2 is 2.30 bits per heavy atom. The highest BCUT2D eigenvalue weighted by Crippen LogP contribution is 2.29. The van der Waals surface area contributed by atoms with Gasteiger partial charge in [-0.05, 0) is 38.3 Å². The van der Waals surface area contributed by atoms with Crippen LogP contribution in [0.15, 0.2) is 24.8 Å². The molecule has 3 rings (SSSR count). The molecule has 1 aliphatic rings. The SMILES string of the molecule is CCCNC1CCCc2nc(-c3ccncn3)ncc21. The molecule has 0 fully saturated rings. The Morgan fingerprint density at radius 1 is 1.35 bits per heavy atom. The molecule has 0 saturated carbocycles. The lowest BCUT2D eigenvalue weighted by molar-refractivity contribution is 0.453. The highest BCUT2D eigenvalue weighted by molar-refractivity contribution is 5.48. The monoisotopic (exact) mass is 269 g/mol. The summed E-state index contributed by atoms with van der Waals surface area (Å²) < 4.78 is 0. The third-order valence-electron chi connectivity index (χ3n) is 3.63. The molecule has 2 aromatic heterocycles. The first-order valence-corrected chi connectivity index (χ1v) is 7.24. The van der Waals surface area contributed by atoms with Crippen LogP contribution in [0.3, 0.4) is 0 Å². The molecule has 0 aliphatic heterocycles. The van der Waals surface area contributed by atoms with Crippen molar-refractivity contribution >= 4 is 0 Å². The lowest BCUT2D eigenvalue weighted by Crippen LogP contribution is -2.26. The fourth-order valence-corrected chi connectivity index (χ4v) is 2.62. The largest absolute Gasteiger partial charge is 0.310 e. The molecule has 0 spiro atoms. The Labute approximate surface area is 118 Å². The average Bonchev–Trinajstić information content (AvgIpc) is 2.53. The number of aromatic nitrogens is 4. The lowest BCUT2D eigenvalue weighted by Gasteiger charge is -2.25. The summed E-state index contributed by atoms with van der Waals surface area (Å²) in [6.45, 7) is 3.23. The van der Waals surface area contributed by atoms with Crippen LogP contribution >= 0.6 is 0 Å². The molecule has 1 N–H and O–H groups in total. The van der Waals surface area contributed by atoms with Crippen molar-refractivity contribution in [2.24, 2.45) is 0 Å². The summed E-state index contributed by atoms with van der Waals surface area (Å²) in [5.41, 5.74) is 3.20. The van der Waals surface area contributed by atoms with Crippen molar-refractivity contribution in [3.8, 4) is 11.5 Å². The Morgan fingerprint density at radius 3 is 3.10 bits per heavy atom. The van der Waals surface area contributed by atoms with Crippen molar-refractivity contribution < 1.29 is 0 Å². The molecule has 0 bridgehead atoms. The molecule has 0 radical (unpaired) electrons. The van der Waals surface area contributed by atoms with Crippen LogP contribution in [-0.4, -0.2) is 26.5 Å². The van der Waals surface area contributed by atoms with E-state index in [2.05, 4.69) is 27.2 Å². The summed E-state index contributed by atoms with van der Waals surface area (Å²) in [7, 11) is 0. The molecule has 1 unspecified atom stereocenters. The first-order chi connectivity index (χ1) is 9.88. The number of hydrogen-bond donors (Lipinski definition) is 1. The number of rotatable bonds is 4. The van der Waals surface area contributed by atoms with Gasteiger partial charge in [-0.25, -0.2) is 19.9 Å². The summed E-state index contributed by atoms with van der Waals surface area (Å²) in [5, 5.41) is 3.58. The normalized spacial score (nSPS) is 17.8. The molecular formula is C15H19N5. The minimum absolute atomic E-state index is 0.401. The predicted octanol–water partition coefficient (Wildman–Crippen LogP) is 2.31. The maximum absolute atomic E-state index is 4.70. The van der Waals surface area contributed by atoms with Crippen molar-refractivity contribution in [2.45, 2.75) is 38.6 Å². The van der Waals surface area contributed by atoms with E-state index < -0.39 is 0 Å². The van der Waals surface area contributed by atoms with Gasteiger partial charge in [-0.2, -0.15) is 0 Å². The second kappa shape index (κ2) is 6.05. The lowest BCUT2D eigenvalue weighted by atomic mass is 9.92. The van der Waals surface area contributed by atoms with Gasteiger partial charge in [0.15, 0.2) is 5.82 Å². The standard InChI is InChI=1S/C15H19N5/c1-2-7-17-12-4-3-5-13-11(12)9-18-15(20-13)14-6-8-16-10-19-14/h6,8-10,12,17H,2-5,7H2,1H3. The van der Waals surface area contributed by atoms with Crippen molar-refractivity contribution in [3.05, 3.63) is 36.0 Å². The summed E-state index contributed by atoms with van der Waals surface area (Å²) in [5.74, 6) is 0.697. The topological polar surface area (TPSA) is 63.6 Å². The van der Waals surface area contributed by atoms with Crippen molar-refractivity contribution in [1.82, 2.24) is 25.3 Å². The van der Waals surface area contributed by atoms with E-state index >= 15 is 0 Å². The van der Waals surface area contributed by atoms with Gasteiger partial charge in [0.05, 0.1) is 0 Å². The Hall–Kier alpha value is -1.88. The van der Waals surface area contributed by atoms with Crippen molar-refractivity contribution in [2.75, 3.05) is 6.54 Å². The number of nitrogens with one attached hydrogen (secondary N) is 1. The zero-order valence-electron chi connectivity index (χ0n) is 11.7. The van der Waals surface area contributed by atoms with Gasteiger partial charge in [0.1, 0.15) is 12.0 Å². The average molecular weight is 269 g/mol. The number of aryl methyl sites for hydroxylation is 1. The smallest absolute Gasteiger partial charge is 0.178 e. The van der Waals surface area contributed by atoms with E-state index in [4.69, 9.17) is 4.98 Å². The summed E-state index contributed by atoms with van der Waals surface area (Å²) in [6.07, 6.45) is 9.73. The fraction of sp³-hybridized carbons (Fsp3) is 0.467. The highest BCUT2D eigenvalue weighted by Gasteiger charge is 2.21. The van der Waals surface area contributed by atoms with Gasteiger partial charge in [-0.1, -0.05) is 6.92 Å². The highest BCUT2D eigenvalue weighted by atomic mass is 15.0. The molecule has 5 nitrogen and oxygen atoms in total. The fourth-order valence-electron chi connectivity index (χ4n) is 2.62. The summed E-state index contributed by atoms with van der Waals surface area (Å²) in [4.78, 5) is 17.3. The molecule has 1 atom stereocenters. The van der Waals surface area contributed by atoms with E-state index in [0.717, 1.165) is 30.8 Å². The molecule has 104 valence electrons. The third-order valence-corrected chi connectivity index (χ3v) is 3.63. The Balaban J connectivity index is 1.89. The third kappa shape index (κ3) is 2.67. The van der Waals surface area contributed by atoms with Gasteiger partial charge in [-0.15, -0.1) is 0 Å². The minimum atomic E-state index is 0.401. The van der Waals surface area contributed by atoms with Gasteiger partial charge in [0.25, 0.3) is 0 Å². The maximum atomic E-state index is 4.70. The van der Waals surface area contributed by atoms with E-state index in [1.54, 1.807) is 6.20 Å². The van der Waals surface area contributed by atoms with Crippen LogP contribution in [0.2, 0.25) is 0 Å². The first-order valence-electron chi connectivity index (χ1n) is 7.24. The van der Waals surface area contributed by atoms with E-state index in [0.29, 0.717) is 11.9 Å². The molecule has 0 aromatic carbocycles. The van der Waals surface area contributed by atoms with Gasteiger partial charge >= 0.3 is 0 Å². The first kappa shape index (κ1) is 13.1. The second-order valence-electron chi connectivity index (χ2n) is 5.09. The van der Waals surface area contributed by atoms with Crippen molar-refractivity contribution in [3.63, 3.8) is 0 Å². The predicted molar refractivity (Wildman–Crippen MR) is 77.0 cm³/mol. The molecule has 0 saturated heterocycles. The Kier molecular flexibility index (Phi) is 3.97. The van der Waals surface area contributed by atoms with Crippen LogP contribution in [0.5, 0.6) is 0 Å². The maximum Gasteiger partial charge on any atom is 0.178 e. The summed E-state index contributed by atoms with van der Waals surface area (Å²) in [6, 6.07) is 2.25. The van der Waals surface area contributed by atoms with Crippen LogP contribution in [0.25, 0.3) is 11.5 Å². The molecule has 5 heteroatoms. The molecule has 2 aromatic rings. The van der Waals surface area contributed by atoms with Gasteiger partial charge in [0.2, 0.25) is 0 Å². The van der Waals surface area contributed by atoms with Crippen molar-refractivity contribution in [1.29, 1.82) is 0 Å². The van der Waals surface area contributed by atoms with E-state index in [9.17, 15) is 0 Å². The Bertz CT molecular complexity index is 570. The van der Waals surface area contributed by atoms with E-state index in [1.165, 1.54) is 24.7 Å².